The van der Waals surface area contributed by atoms with Gasteiger partial charge in [0.1, 0.15) is 11.5 Å². The predicted octanol–water partition coefficient (Wildman–Crippen LogP) is 5.51. The average Bonchev–Trinajstić information content (AvgIpc) is 2.94. The molecular formula is C28H18Br4MnN4O6. The molecule has 0 aliphatic rings. The van der Waals surface area contributed by atoms with E-state index in [1.807, 2.05) is 0 Å². The molecule has 0 aliphatic heterocycles. The molecule has 10 nitrogen and oxygen atoms in total. The maximum atomic E-state index is 11.8. The summed E-state index contributed by atoms with van der Waals surface area (Å²) in [5.41, 5.74) is 5.35. The van der Waals surface area contributed by atoms with E-state index < -0.39 is 11.8 Å². The third-order valence-electron chi connectivity index (χ3n) is 5.11. The molecule has 15 heteroatoms. The summed E-state index contributed by atoms with van der Waals surface area (Å²) in [5.74, 6) is -1.88. The van der Waals surface area contributed by atoms with E-state index in [0.717, 1.165) is 0 Å². The minimum Gasteiger partial charge on any atom is -0.871 e. The summed E-state index contributed by atoms with van der Waals surface area (Å²) >= 11 is 12.8. The molecule has 4 rings (SSSR count). The number of nitrogens with zero attached hydrogens (tertiary/aromatic N) is 2. The number of halogens is 4. The molecule has 43 heavy (non-hydrogen) atoms. The monoisotopic (exact) mass is 877 g/mol. The van der Waals surface area contributed by atoms with Gasteiger partial charge in [-0.1, -0.05) is 99.5 Å². The van der Waals surface area contributed by atoms with Gasteiger partial charge in [-0.2, -0.15) is 10.2 Å². The van der Waals surface area contributed by atoms with Crippen molar-refractivity contribution in [2.24, 2.45) is 10.2 Å². The van der Waals surface area contributed by atoms with E-state index >= 15 is 0 Å². The maximum Gasteiger partial charge on any atom is 2.00 e. The van der Waals surface area contributed by atoms with Gasteiger partial charge in [-0.3, -0.25) is 9.59 Å². The normalized spacial score (nSPS) is 10.5. The summed E-state index contributed by atoms with van der Waals surface area (Å²) in [6.45, 7) is 0. The molecule has 1 radical (unpaired) electrons. The molecule has 4 aromatic carbocycles. The van der Waals surface area contributed by atoms with Crippen molar-refractivity contribution in [3.05, 3.63) is 113 Å². The Kier molecular flexibility index (Phi) is 14.4. The van der Waals surface area contributed by atoms with Gasteiger partial charge in [0, 0.05) is 17.9 Å². The van der Waals surface area contributed by atoms with Gasteiger partial charge in [0.15, 0.2) is 0 Å². The van der Waals surface area contributed by atoms with Gasteiger partial charge in [0.05, 0.1) is 23.6 Å². The number of rotatable bonds is 6. The molecule has 0 atom stereocenters. The molecule has 0 saturated heterocycles. The molecular weight excluding hydrogens is 863 g/mol. The third-order valence-corrected chi connectivity index (χ3v) is 7.20. The molecule has 2 amide bonds. The van der Waals surface area contributed by atoms with Gasteiger partial charge in [-0.25, -0.2) is 10.9 Å². The van der Waals surface area contributed by atoms with Crippen LogP contribution in [0.25, 0.3) is 0 Å². The van der Waals surface area contributed by atoms with E-state index in [9.17, 15) is 30.0 Å². The third kappa shape index (κ3) is 10.5. The summed E-state index contributed by atoms with van der Waals surface area (Å²) in [6, 6.07) is 18.6. The van der Waals surface area contributed by atoms with Crippen LogP contribution in [0.3, 0.4) is 0 Å². The van der Waals surface area contributed by atoms with Gasteiger partial charge in [-0.05, 0) is 59.7 Å². The first-order chi connectivity index (χ1) is 20.0. The second-order valence-corrected chi connectivity index (χ2v) is 11.6. The zero-order valence-electron chi connectivity index (χ0n) is 21.4. The van der Waals surface area contributed by atoms with E-state index in [0.29, 0.717) is 29.0 Å². The maximum absolute atomic E-state index is 11.8. The quantitative estimate of drug-likeness (QED) is 0.113. The van der Waals surface area contributed by atoms with Crippen molar-refractivity contribution in [1.82, 2.24) is 10.9 Å². The van der Waals surface area contributed by atoms with Crippen LogP contribution in [0.2, 0.25) is 0 Å². The fraction of sp³-hybridized carbons (Fsp3) is 0. The van der Waals surface area contributed by atoms with Crippen molar-refractivity contribution in [3.63, 3.8) is 0 Å². The summed E-state index contributed by atoms with van der Waals surface area (Å²) in [4.78, 5) is 23.6. The molecule has 4 aromatic rings. The molecule has 0 fully saturated rings. The van der Waals surface area contributed by atoms with Gasteiger partial charge in [0.2, 0.25) is 0 Å². The van der Waals surface area contributed by atoms with E-state index in [1.165, 1.54) is 36.7 Å². The van der Waals surface area contributed by atoms with E-state index in [-0.39, 0.29) is 51.2 Å². The number of aromatic hydroxyl groups is 2. The van der Waals surface area contributed by atoms with Crippen LogP contribution >= 0.6 is 63.7 Å². The molecule has 0 saturated carbocycles. The molecule has 0 aromatic heterocycles. The molecule has 0 spiro atoms. The summed E-state index contributed by atoms with van der Waals surface area (Å²) in [7, 11) is 0. The van der Waals surface area contributed by atoms with Gasteiger partial charge < -0.3 is 20.4 Å². The predicted molar refractivity (Wildman–Crippen MR) is 169 cm³/mol. The molecule has 4 N–H and O–H groups in total. The number of hydrazone groups is 2. The van der Waals surface area contributed by atoms with Gasteiger partial charge >= 0.3 is 17.1 Å². The van der Waals surface area contributed by atoms with Crippen LogP contribution in [0.5, 0.6) is 23.0 Å². The fourth-order valence-corrected chi connectivity index (χ4v) is 5.64. The van der Waals surface area contributed by atoms with Crippen molar-refractivity contribution in [3.8, 4) is 23.0 Å². The average molecular weight is 881 g/mol. The zero-order chi connectivity index (χ0) is 30.8. The number of phenols is 2. The van der Waals surface area contributed by atoms with Crippen LogP contribution in [-0.4, -0.2) is 34.5 Å². The smallest absolute Gasteiger partial charge is 0.871 e. The van der Waals surface area contributed by atoms with Crippen molar-refractivity contribution < 1.29 is 47.1 Å². The van der Waals surface area contributed by atoms with E-state index in [4.69, 9.17) is 0 Å². The number of carbonyl (C=O) groups is 2. The number of benzene rings is 4. The minimum atomic E-state index is -0.564. The first kappa shape index (κ1) is 36.0. The van der Waals surface area contributed by atoms with E-state index in [1.54, 1.807) is 48.5 Å². The second kappa shape index (κ2) is 17.2. The van der Waals surface area contributed by atoms with Crippen molar-refractivity contribution in [1.29, 1.82) is 0 Å². The summed E-state index contributed by atoms with van der Waals surface area (Å²) < 4.78 is 2.21. The van der Waals surface area contributed by atoms with Crippen molar-refractivity contribution in [2.75, 3.05) is 0 Å². The Morgan fingerprint density at radius 3 is 1.35 bits per heavy atom. The summed E-state index contributed by atoms with van der Waals surface area (Å²) in [6.07, 6.45) is 2.49. The molecule has 0 heterocycles. The molecule has 221 valence electrons. The molecule has 0 bridgehead atoms. The number of hydrogen-bond donors (Lipinski definition) is 4. The van der Waals surface area contributed by atoms with Crippen LogP contribution in [-0.2, 0) is 17.1 Å². The number of hydrogen-bond acceptors (Lipinski definition) is 8. The number of phenolic OH excluding ortho intramolecular Hbond substituents is 2. The first-order valence-corrected chi connectivity index (χ1v) is 14.7. The second-order valence-electron chi connectivity index (χ2n) is 8.04. The number of amides is 2. The van der Waals surface area contributed by atoms with Gasteiger partial charge in [-0.15, -0.1) is 0 Å². The number of carbonyl (C=O) groups excluding carboxylic acids is 2. The summed E-state index contributed by atoms with van der Waals surface area (Å²) in [5, 5.41) is 50.1. The van der Waals surface area contributed by atoms with Crippen LogP contribution in [0.4, 0.5) is 0 Å². The Balaban J connectivity index is 0.000000293. The van der Waals surface area contributed by atoms with Crippen molar-refractivity contribution in [2.45, 2.75) is 0 Å². The van der Waals surface area contributed by atoms with Gasteiger partial charge in [0.25, 0.3) is 11.8 Å². The number of para-hydroxylation sites is 2. The topological polar surface area (TPSA) is 169 Å². The Labute approximate surface area is 289 Å². The molecule has 0 aliphatic carbocycles. The van der Waals surface area contributed by atoms with Crippen LogP contribution in [0.15, 0.2) is 101 Å². The standard InChI is InChI=1S/2C14H10Br2N2O3.Mn/c2*15-9-5-8(13(20)11(16)6-9)7-17-18-14(21)10-3-1-2-4-12(10)19;/h2*1-7,19-20H,(H,18,21);/q;;+2/p-2/b2*17-7+;. The Morgan fingerprint density at radius 2 is 1.00 bits per heavy atom. The van der Waals surface area contributed by atoms with Crippen LogP contribution in [0.1, 0.15) is 31.8 Å². The largest absolute Gasteiger partial charge is 2.00 e. The minimum absolute atomic E-state index is 0. The van der Waals surface area contributed by atoms with Crippen molar-refractivity contribution >= 4 is 88.0 Å². The van der Waals surface area contributed by atoms with Crippen LogP contribution in [0, 0.1) is 0 Å². The molecule has 0 unspecified atom stereocenters. The first-order valence-electron chi connectivity index (χ1n) is 11.5. The number of nitrogens with one attached hydrogen (secondary N) is 2. The Hall–Kier alpha value is -3.20. The fourth-order valence-electron chi connectivity index (χ4n) is 3.12. The van der Waals surface area contributed by atoms with E-state index in [2.05, 4.69) is 84.8 Å². The SMILES string of the molecule is O=C(N/N=C/c1cc(Br)cc(Br)c1[O-])c1ccccc1O.O=C(N/N=C/c1cc(Br)cc(Br)c1[O-])c1ccccc1O.[Mn+2]. The Bertz CT molecular complexity index is 1560. The Morgan fingerprint density at radius 1 is 0.651 bits per heavy atom. The zero-order valence-corrected chi connectivity index (χ0v) is 28.9. The van der Waals surface area contributed by atoms with Crippen LogP contribution < -0.4 is 21.1 Å².